The molecular formula is C21H20F3N3O2. The van der Waals surface area contributed by atoms with Crippen molar-refractivity contribution in [2.24, 2.45) is 4.99 Å². The highest BCUT2D eigenvalue weighted by atomic mass is 19.4. The average molecular weight is 403 g/mol. The Bertz CT molecular complexity index is 995. The zero-order valence-electron chi connectivity index (χ0n) is 15.8. The van der Waals surface area contributed by atoms with Crippen molar-refractivity contribution in [2.75, 3.05) is 6.61 Å². The molecule has 0 fully saturated rings. The van der Waals surface area contributed by atoms with Gasteiger partial charge in [-0.25, -0.2) is 9.67 Å². The first-order chi connectivity index (χ1) is 13.9. The van der Waals surface area contributed by atoms with Crippen molar-refractivity contribution in [1.29, 1.82) is 0 Å². The Morgan fingerprint density at radius 2 is 2.00 bits per heavy atom. The van der Waals surface area contributed by atoms with Gasteiger partial charge in [0.05, 0.1) is 35.3 Å². The van der Waals surface area contributed by atoms with Crippen LogP contribution in [0.15, 0.2) is 65.8 Å². The van der Waals surface area contributed by atoms with E-state index in [9.17, 15) is 18.0 Å². The lowest BCUT2D eigenvalue weighted by Crippen LogP contribution is -2.20. The van der Waals surface area contributed by atoms with E-state index >= 15 is 0 Å². The molecule has 5 nitrogen and oxygen atoms in total. The van der Waals surface area contributed by atoms with Crippen LogP contribution in [0.5, 0.6) is 5.88 Å². The summed E-state index contributed by atoms with van der Waals surface area (Å²) in [5.41, 5.74) is -1.53. The smallest absolute Gasteiger partial charge is 0.417 e. The molecule has 1 aromatic carbocycles. The van der Waals surface area contributed by atoms with Gasteiger partial charge in [0.15, 0.2) is 0 Å². The maximum Gasteiger partial charge on any atom is 0.417 e. The lowest BCUT2D eigenvalue weighted by molar-refractivity contribution is -0.137. The van der Waals surface area contributed by atoms with E-state index in [4.69, 9.17) is 4.74 Å². The Morgan fingerprint density at radius 3 is 2.69 bits per heavy atom. The number of benzene rings is 1. The Balaban J connectivity index is 1.99. The first kappa shape index (κ1) is 20.6. The zero-order valence-corrected chi connectivity index (χ0v) is 15.8. The molecule has 3 rings (SSSR count). The summed E-state index contributed by atoms with van der Waals surface area (Å²) < 4.78 is 46.9. The number of halogens is 3. The number of ether oxygens (including phenoxy) is 1. The van der Waals surface area contributed by atoms with E-state index in [1.54, 1.807) is 4.68 Å². The molecule has 29 heavy (non-hydrogen) atoms. The van der Waals surface area contributed by atoms with E-state index in [1.807, 2.05) is 31.2 Å². The maximum absolute atomic E-state index is 13.2. The van der Waals surface area contributed by atoms with Crippen molar-refractivity contribution < 1.29 is 22.7 Å². The monoisotopic (exact) mass is 403 g/mol. The number of rotatable bonds is 5. The summed E-state index contributed by atoms with van der Waals surface area (Å²) in [6, 6.07) is 5.93. The second-order valence-electron chi connectivity index (χ2n) is 6.39. The highest BCUT2D eigenvalue weighted by Crippen LogP contribution is 2.32. The predicted octanol–water partition coefficient (Wildman–Crippen LogP) is 4.49. The molecular weight excluding hydrogens is 383 g/mol. The van der Waals surface area contributed by atoms with Gasteiger partial charge in [-0.3, -0.25) is 4.79 Å². The van der Waals surface area contributed by atoms with E-state index in [-0.39, 0.29) is 11.4 Å². The predicted molar refractivity (Wildman–Crippen MR) is 101 cm³/mol. The number of hydrogen-bond acceptors (Lipinski definition) is 3. The van der Waals surface area contributed by atoms with Crippen molar-refractivity contribution >= 4 is 5.91 Å². The van der Waals surface area contributed by atoms with Crippen LogP contribution in [0.3, 0.4) is 0 Å². The van der Waals surface area contributed by atoms with Crippen molar-refractivity contribution in [3.8, 4) is 5.88 Å². The van der Waals surface area contributed by atoms with Gasteiger partial charge in [0.1, 0.15) is 0 Å². The minimum Gasteiger partial charge on any atom is -0.478 e. The van der Waals surface area contributed by atoms with Gasteiger partial charge in [-0.15, -0.1) is 0 Å². The Hall–Kier alpha value is -3.16. The summed E-state index contributed by atoms with van der Waals surface area (Å²) in [5, 5.41) is 4.42. The first-order valence-electron chi connectivity index (χ1n) is 9.20. The highest BCUT2D eigenvalue weighted by molar-refractivity contribution is 5.96. The van der Waals surface area contributed by atoms with Crippen molar-refractivity contribution in [2.45, 2.75) is 32.0 Å². The summed E-state index contributed by atoms with van der Waals surface area (Å²) >= 11 is 0. The van der Waals surface area contributed by atoms with E-state index in [2.05, 4.69) is 10.1 Å². The van der Waals surface area contributed by atoms with Crippen molar-refractivity contribution in [3.05, 3.63) is 77.3 Å². The number of hydrogen-bond donors (Lipinski definition) is 0. The molecule has 0 bridgehead atoms. The Kier molecular flexibility index (Phi) is 6.31. The third-order valence-corrected chi connectivity index (χ3v) is 4.18. The SMILES string of the molecule is CCCOc1cc(=NC(=O)c2ccccc2C(F)(F)F)cnn1C1C=CCC=C1. The van der Waals surface area contributed by atoms with Crippen molar-refractivity contribution in [3.63, 3.8) is 0 Å². The quantitative estimate of drug-likeness (QED) is 0.692. The summed E-state index contributed by atoms with van der Waals surface area (Å²) in [6.07, 6.45) is 6.22. The molecule has 0 aliphatic heterocycles. The molecule has 1 amide bonds. The fourth-order valence-electron chi connectivity index (χ4n) is 2.84. The molecule has 1 heterocycles. The third kappa shape index (κ3) is 5.01. The van der Waals surface area contributed by atoms with Gasteiger partial charge in [-0.2, -0.15) is 18.3 Å². The average Bonchev–Trinajstić information content (AvgIpc) is 2.72. The van der Waals surface area contributed by atoms with Crippen LogP contribution in [-0.2, 0) is 6.18 Å². The number of amides is 1. The molecule has 8 heteroatoms. The Labute approximate surface area is 165 Å². The highest BCUT2D eigenvalue weighted by Gasteiger charge is 2.34. The number of alkyl halides is 3. The number of nitrogens with zero attached hydrogens (tertiary/aromatic N) is 3. The van der Waals surface area contributed by atoms with Gasteiger partial charge in [-0.1, -0.05) is 43.4 Å². The molecule has 1 aromatic heterocycles. The van der Waals surface area contributed by atoms with Gasteiger partial charge < -0.3 is 4.74 Å². The van der Waals surface area contributed by atoms with Crippen LogP contribution in [0.2, 0.25) is 0 Å². The largest absolute Gasteiger partial charge is 0.478 e. The second-order valence-corrected chi connectivity index (χ2v) is 6.39. The minimum atomic E-state index is -4.64. The Morgan fingerprint density at radius 1 is 1.28 bits per heavy atom. The summed E-state index contributed by atoms with van der Waals surface area (Å²) in [4.78, 5) is 16.3. The molecule has 1 aliphatic rings. The number of aromatic nitrogens is 2. The normalized spacial score (nSPS) is 15.0. The second kappa shape index (κ2) is 8.89. The third-order valence-electron chi connectivity index (χ3n) is 4.18. The van der Waals surface area contributed by atoms with Crippen LogP contribution in [0, 0.1) is 0 Å². The fraction of sp³-hybridized carbons (Fsp3) is 0.286. The molecule has 0 saturated heterocycles. The fourth-order valence-corrected chi connectivity index (χ4v) is 2.84. The number of carbonyl (C=O) groups is 1. The van der Waals surface area contributed by atoms with Crippen LogP contribution in [0.4, 0.5) is 13.2 Å². The summed E-state index contributed by atoms with van der Waals surface area (Å²) in [6.45, 7) is 2.38. The number of carbonyl (C=O) groups excluding carboxylic acids is 1. The lowest BCUT2D eigenvalue weighted by Gasteiger charge is -2.18. The van der Waals surface area contributed by atoms with Gasteiger partial charge in [-0.05, 0) is 25.0 Å². The molecule has 0 saturated carbocycles. The molecule has 0 unspecified atom stereocenters. The molecule has 1 aliphatic carbocycles. The van der Waals surface area contributed by atoms with E-state index in [1.165, 1.54) is 24.4 Å². The van der Waals surface area contributed by atoms with Crippen LogP contribution in [-0.4, -0.2) is 22.3 Å². The minimum absolute atomic E-state index is 0.123. The van der Waals surface area contributed by atoms with Crippen molar-refractivity contribution in [1.82, 2.24) is 9.78 Å². The van der Waals surface area contributed by atoms with Gasteiger partial charge in [0, 0.05) is 6.07 Å². The molecule has 0 spiro atoms. The van der Waals surface area contributed by atoms with Crippen LogP contribution >= 0.6 is 0 Å². The van der Waals surface area contributed by atoms with Gasteiger partial charge >= 0.3 is 6.18 Å². The van der Waals surface area contributed by atoms with E-state index in [0.717, 1.165) is 25.0 Å². The standard InChI is InChI=1S/C21H20F3N3O2/c1-2-12-29-19-13-15(14-25-27(19)16-8-4-3-5-9-16)26-20(28)17-10-6-7-11-18(17)21(22,23)24/h4-11,13-14,16H,2-3,12H2,1H3. The topological polar surface area (TPSA) is 56.5 Å². The van der Waals surface area contributed by atoms with Gasteiger partial charge in [0.25, 0.3) is 5.91 Å². The van der Waals surface area contributed by atoms with Crippen LogP contribution in [0.1, 0.15) is 41.7 Å². The van der Waals surface area contributed by atoms with E-state index < -0.39 is 23.2 Å². The molecule has 0 atom stereocenters. The molecule has 2 aromatic rings. The summed E-state index contributed by atoms with van der Waals surface area (Å²) in [7, 11) is 0. The maximum atomic E-state index is 13.2. The molecule has 0 N–H and O–H groups in total. The summed E-state index contributed by atoms with van der Waals surface area (Å²) in [5.74, 6) is -0.609. The number of allylic oxidation sites excluding steroid dienone is 4. The van der Waals surface area contributed by atoms with Gasteiger partial charge in [0.2, 0.25) is 5.88 Å². The van der Waals surface area contributed by atoms with E-state index in [0.29, 0.717) is 12.5 Å². The zero-order chi connectivity index (χ0) is 20.9. The lowest BCUT2D eigenvalue weighted by atomic mass is 10.1. The first-order valence-corrected chi connectivity index (χ1v) is 9.20. The van der Waals surface area contributed by atoms with Crippen LogP contribution in [0.25, 0.3) is 0 Å². The molecule has 152 valence electrons. The molecule has 0 radical (unpaired) electrons. The van der Waals surface area contributed by atoms with Crippen LogP contribution < -0.4 is 10.1 Å².